The molecule has 1 N–H and O–H groups in total. The average molecular weight is 449 g/mol. The van der Waals surface area contributed by atoms with Gasteiger partial charge in [0.2, 0.25) is 0 Å². The van der Waals surface area contributed by atoms with Gasteiger partial charge in [-0.25, -0.2) is 10.2 Å². The third-order valence-corrected chi connectivity index (χ3v) is 4.35. The largest absolute Gasteiger partial charge is 0.423 e. The van der Waals surface area contributed by atoms with E-state index in [9.17, 15) is 9.59 Å². The molecule has 3 aromatic rings. The van der Waals surface area contributed by atoms with E-state index in [0.29, 0.717) is 16.9 Å². The minimum absolute atomic E-state index is 0.325. The van der Waals surface area contributed by atoms with Crippen molar-refractivity contribution in [1.82, 2.24) is 5.43 Å². The van der Waals surface area contributed by atoms with Gasteiger partial charge >= 0.3 is 5.97 Å². The molecule has 0 bridgehead atoms. The lowest BCUT2D eigenvalue weighted by molar-refractivity contribution is -0.128. The Labute approximate surface area is 176 Å². The number of para-hydroxylation sites is 1. The zero-order valence-electron chi connectivity index (χ0n) is 15.3. The highest BCUT2D eigenvalue weighted by molar-refractivity contribution is 9.10. The molecule has 0 aliphatic heterocycles. The van der Waals surface area contributed by atoms with Gasteiger partial charge < -0.3 is 4.74 Å². The number of ether oxygens (including phenoxy) is 1. The van der Waals surface area contributed by atoms with Gasteiger partial charge in [0.1, 0.15) is 5.75 Å². The molecule has 144 valence electrons. The van der Waals surface area contributed by atoms with E-state index in [0.717, 1.165) is 10.0 Å². The Bertz CT molecular complexity index is 1050. The number of hydrazone groups is 1. The normalized spacial score (nSPS) is 10.9. The van der Waals surface area contributed by atoms with Crippen LogP contribution in [0.1, 0.15) is 21.5 Å². The summed E-state index contributed by atoms with van der Waals surface area (Å²) in [6.07, 6.45) is 4.46. The van der Waals surface area contributed by atoms with Crippen LogP contribution in [0.2, 0.25) is 0 Å². The molecule has 0 fully saturated rings. The Kier molecular flexibility index (Phi) is 7.08. The number of halogens is 1. The Morgan fingerprint density at radius 2 is 1.59 bits per heavy atom. The first-order valence-corrected chi connectivity index (χ1v) is 9.54. The number of nitrogens with one attached hydrogen (secondary N) is 1. The van der Waals surface area contributed by atoms with E-state index >= 15 is 0 Å². The van der Waals surface area contributed by atoms with Crippen molar-refractivity contribution in [3.63, 3.8) is 0 Å². The Hall–Kier alpha value is -3.51. The van der Waals surface area contributed by atoms with E-state index in [1.165, 1.54) is 12.3 Å². The van der Waals surface area contributed by atoms with Crippen LogP contribution in [0, 0.1) is 0 Å². The molecule has 0 spiro atoms. The van der Waals surface area contributed by atoms with Gasteiger partial charge in [0.25, 0.3) is 5.91 Å². The molecular formula is C23H17BrN2O3. The van der Waals surface area contributed by atoms with Crippen molar-refractivity contribution in [2.75, 3.05) is 0 Å². The van der Waals surface area contributed by atoms with Crippen molar-refractivity contribution in [1.29, 1.82) is 0 Å². The number of nitrogens with zero attached hydrogens (tertiary/aromatic N) is 1. The van der Waals surface area contributed by atoms with Crippen LogP contribution in [0.4, 0.5) is 0 Å². The second-order valence-corrected chi connectivity index (χ2v) is 6.82. The van der Waals surface area contributed by atoms with Crippen LogP contribution in [-0.2, 0) is 4.79 Å². The molecule has 0 heterocycles. The van der Waals surface area contributed by atoms with Crippen molar-refractivity contribution in [2.24, 2.45) is 5.10 Å². The maximum absolute atomic E-state index is 12.1. The maximum Gasteiger partial charge on any atom is 0.336 e. The van der Waals surface area contributed by atoms with Gasteiger partial charge in [-0.3, -0.25) is 4.79 Å². The van der Waals surface area contributed by atoms with E-state index in [-0.39, 0.29) is 5.91 Å². The monoisotopic (exact) mass is 448 g/mol. The standard InChI is InChI=1S/C23H17BrN2O3/c24-20-13-10-17(11-14-20)12-15-22(27)29-21-9-5-4-8-19(21)16-25-26-23(28)18-6-2-1-3-7-18/h1-16H,(H,26,28)/b15-12+,25-16+. The lowest BCUT2D eigenvalue weighted by atomic mass is 10.2. The summed E-state index contributed by atoms with van der Waals surface area (Å²) in [5.74, 6) is -0.494. The summed E-state index contributed by atoms with van der Waals surface area (Å²) in [5, 5.41) is 3.95. The molecule has 0 radical (unpaired) electrons. The van der Waals surface area contributed by atoms with Crippen molar-refractivity contribution in [3.05, 3.63) is 106 Å². The smallest absolute Gasteiger partial charge is 0.336 e. The summed E-state index contributed by atoms with van der Waals surface area (Å²) in [6.45, 7) is 0. The van der Waals surface area contributed by atoms with Crippen LogP contribution < -0.4 is 10.2 Å². The predicted octanol–water partition coefficient (Wildman–Crippen LogP) is 4.83. The van der Waals surface area contributed by atoms with E-state index in [1.54, 1.807) is 54.6 Å². The molecule has 0 aliphatic rings. The number of esters is 1. The molecule has 0 saturated heterocycles. The third-order valence-electron chi connectivity index (χ3n) is 3.82. The summed E-state index contributed by atoms with van der Waals surface area (Å²) in [5.41, 5.74) is 4.39. The lowest BCUT2D eigenvalue weighted by Crippen LogP contribution is -2.17. The van der Waals surface area contributed by atoms with Gasteiger partial charge in [0, 0.05) is 21.7 Å². The minimum atomic E-state index is -0.512. The highest BCUT2D eigenvalue weighted by Crippen LogP contribution is 2.17. The molecule has 3 rings (SSSR count). The highest BCUT2D eigenvalue weighted by atomic mass is 79.9. The number of rotatable bonds is 6. The first kappa shape index (κ1) is 20.2. The van der Waals surface area contributed by atoms with Crippen LogP contribution in [-0.4, -0.2) is 18.1 Å². The van der Waals surface area contributed by atoms with Gasteiger partial charge in [-0.15, -0.1) is 0 Å². The first-order valence-electron chi connectivity index (χ1n) is 8.75. The fourth-order valence-electron chi connectivity index (χ4n) is 2.38. The summed E-state index contributed by atoms with van der Waals surface area (Å²) in [4.78, 5) is 24.2. The quantitative estimate of drug-likeness (QED) is 0.193. The molecule has 0 unspecified atom stereocenters. The van der Waals surface area contributed by atoms with E-state index < -0.39 is 5.97 Å². The van der Waals surface area contributed by atoms with Crippen molar-refractivity contribution < 1.29 is 14.3 Å². The minimum Gasteiger partial charge on any atom is -0.423 e. The van der Waals surface area contributed by atoms with Crippen LogP contribution in [0.5, 0.6) is 5.75 Å². The molecule has 5 nitrogen and oxygen atoms in total. The van der Waals surface area contributed by atoms with E-state index in [4.69, 9.17) is 4.74 Å². The summed E-state index contributed by atoms with van der Waals surface area (Å²) in [7, 11) is 0. The van der Waals surface area contributed by atoms with Crippen molar-refractivity contribution in [3.8, 4) is 5.75 Å². The number of benzene rings is 3. The van der Waals surface area contributed by atoms with Gasteiger partial charge in [-0.05, 0) is 48.0 Å². The predicted molar refractivity (Wildman–Crippen MR) is 117 cm³/mol. The Balaban J connectivity index is 1.63. The zero-order valence-corrected chi connectivity index (χ0v) is 16.9. The summed E-state index contributed by atoms with van der Waals surface area (Å²) in [6, 6.07) is 23.2. The van der Waals surface area contributed by atoms with E-state index in [2.05, 4.69) is 26.5 Å². The molecule has 0 aliphatic carbocycles. The summed E-state index contributed by atoms with van der Waals surface area (Å²) < 4.78 is 6.36. The zero-order chi connectivity index (χ0) is 20.5. The molecule has 0 atom stereocenters. The van der Waals surface area contributed by atoms with Crippen LogP contribution in [0.25, 0.3) is 6.08 Å². The van der Waals surface area contributed by atoms with Gasteiger partial charge in [0.15, 0.2) is 0 Å². The lowest BCUT2D eigenvalue weighted by Gasteiger charge is -2.05. The molecule has 0 saturated carbocycles. The molecule has 6 heteroatoms. The van der Waals surface area contributed by atoms with Gasteiger partial charge in [0.05, 0.1) is 6.21 Å². The molecule has 29 heavy (non-hydrogen) atoms. The van der Waals surface area contributed by atoms with Crippen molar-refractivity contribution in [2.45, 2.75) is 0 Å². The summed E-state index contributed by atoms with van der Waals surface area (Å²) >= 11 is 3.37. The number of carbonyl (C=O) groups excluding carboxylic acids is 2. The van der Waals surface area contributed by atoms with Crippen LogP contribution in [0.3, 0.4) is 0 Å². The van der Waals surface area contributed by atoms with Gasteiger partial charge in [-0.1, -0.05) is 58.4 Å². The molecule has 1 amide bonds. The van der Waals surface area contributed by atoms with E-state index in [1.807, 2.05) is 30.3 Å². The number of hydrogen-bond donors (Lipinski definition) is 1. The first-order chi connectivity index (χ1) is 14.1. The second-order valence-electron chi connectivity index (χ2n) is 5.91. The third kappa shape index (κ3) is 6.26. The number of hydrogen-bond acceptors (Lipinski definition) is 4. The Morgan fingerprint density at radius 3 is 2.34 bits per heavy atom. The molecule has 0 aromatic heterocycles. The fourth-order valence-corrected chi connectivity index (χ4v) is 2.64. The van der Waals surface area contributed by atoms with Crippen LogP contribution >= 0.6 is 15.9 Å². The molecule has 3 aromatic carbocycles. The maximum atomic E-state index is 12.1. The van der Waals surface area contributed by atoms with Crippen molar-refractivity contribution >= 4 is 40.1 Å². The van der Waals surface area contributed by atoms with Gasteiger partial charge in [-0.2, -0.15) is 5.10 Å². The topological polar surface area (TPSA) is 67.8 Å². The van der Waals surface area contributed by atoms with Crippen LogP contribution in [0.15, 0.2) is 94.5 Å². The highest BCUT2D eigenvalue weighted by Gasteiger charge is 2.06. The Morgan fingerprint density at radius 1 is 0.897 bits per heavy atom. The molecular weight excluding hydrogens is 432 g/mol. The fraction of sp³-hybridized carbons (Fsp3) is 0. The number of carbonyl (C=O) groups is 2. The number of amides is 1. The SMILES string of the molecule is O=C(/C=C/c1ccc(Br)cc1)Oc1ccccc1/C=N/NC(=O)c1ccccc1. The second kappa shape index (κ2) is 10.1. The average Bonchev–Trinajstić information content (AvgIpc) is 2.75.